The van der Waals surface area contributed by atoms with Crippen LogP contribution >= 0.6 is 15.9 Å². The second-order valence-electron chi connectivity index (χ2n) is 4.73. The van der Waals surface area contributed by atoms with Crippen molar-refractivity contribution in [2.45, 2.75) is 0 Å². The first-order valence-electron chi connectivity index (χ1n) is 6.41. The number of halogens is 2. The van der Waals surface area contributed by atoms with Gasteiger partial charge < -0.3 is 5.73 Å². The van der Waals surface area contributed by atoms with E-state index < -0.39 is 0 Å². The number of nitrogen functional groups attached to an aromatic ring is 1. The van der Waals surface area contributed by atoms with E-state index in [4.69, 9.17) is 5.73 Å². The number of nitrogens with two attached hydrogens (primary N) is 1. The zero-order valence-corrected chi connectivity index (χ0v) is 12.9. The molecule has 2 aromatic carbocycles. The molecule has 106 valence electrons. The Morgan fingerprint density at radius 1 is 1.10 bits per heavy atom. The largest absolute Gasteiger partial charge is 0.383 e. The number of anilines is 1. The standard InChI is InChI=1S/C16H13BrFN3/c1-21-16(19)14(10-5-3-2-4-6-10)15(20-21)11-7-8-13(18)12(17)9-11/h2-9H,19H2,1H3. The van der Waals surface area contributed by atoms with Crippen LogP contribution in [0.5, 0.6) is 0 Å². The molecule has 5 heteroatoms. The summed E-state index contributed by atoms with van der Waals surface area (Å²) in [6.07, 6.45) is 0. The van der Waals surface area contributed by atoms with Gasteiger partial charge in [-0.05, 0) is 39.7 Å². The maximum atomic E-state index is 13.4. The molecule has 1 aromatic heterocycles. The smallest absolute Gasteiger partial charge is 0.137 e. The molecule has 0 spiro atoms. The zero-order valence-electron chi connectivity index (χ0n) is 11.3. The molecule has 0 bridgehead atoms. The van der Waals surface area contributed by atoms with E-state index >= 15 is 0 Å². The Morgan fingerprint density at radius 3 is 2.48 bits per heavy atom. The molecule has 0 radical (unpaired) electrons. The molecule has 21 heavy (non-hydrogen) atoms. The Morgan fingerprint density at radius 2 is 1.81 bits per heavy atom. The molecule has 0 saturated heterocycles. The topological polar surface area (TPSA) is 43.8 Å². The number of benzene rings is 2. The fourth-order valence-electron chi connectivity index (χ4n) is 2.27. The van der Waals surface area contributed by atoms with E-state index in [0.29, 0.717) is 10.3 Å². The summed E-state index contributed by atoms with van der Waals surface area (Å²) >= 11 is 3.21. The van der Waals surface area contributed by atoms with Gasteiger partial charge in [0.05, 0.1) is 10.0 Å². The molecule has 0 atom stereocenters. The van der Waals surface area contributed by atoms with E-state index in [2.05, 4.69) is 21.0 Å². The van der Waals surface area contributed by atoms with E-state index in [9.17, 15) is 4.39 Å². The van der Waals surface area contributed by atoms with Gasteiger partial charge in [0, 0.05) is 12.6 Å². The number of rotatable bonds is 2. The number of nitrogens with zero attached hydrogens (tertiary/aromatic N) is 2. The highest BCUT2D eigenvalue weighted by Crippen LogP contribution is 2.36. The Kier molecular flexibility index (Phi) is 3.51. The maximum absolute atomic E-state index is 13.4. The van der Waals surface area contributed by atoms with Crippen molar-refractivity contribution in [1.29, 1.82) is 0 Å². The Bertz CT molecular complexity index is 797. The first-order valence-corrected chi connectivity index (χ1v) is 7.20. The van der Waals surface area contributed by atoms with Gasteiger partial charge in [0.15, 0.2) is 0 Å². The molecule has 3 aromatic rings. The minimum Gasteiger partial charge on any atom is -0.383 e. The molecule has 0 amide bonds. The lowest BCUT2D eigenvalue weighted by molar-refractivity contribution is 0.621. The quantitative estimate of drug-likeness (QED) is 0.754. The first-order chi connectivity index (χ1) is 10.1. The lowest BCUT2D eigenvalue weighted by Crippen LogP contribution is -1.97. The molecule has 0 aliphatic heterocycles. The molecule has 0 saturated carbocycles. The summed E-state index contributed by atoms with van der Waals surface area (Å²) in [4.78, 5) is 0. The molecular formula is C16H13BrFN3. The molecule has 0 unspecified atom stereocenters. The number of hydrogen-bond acceptors (Lipinski definition) is 2. The summed E-state index contributed by atoms with van der Waals surface area (Å²) in [5, 5.41) is 4.48. The maximum Gasteiger partial charge on any atom is 0.137 e. The van der Waals surface area contributed by atoms with Crippen molar-refractivity contribution < 1.29 is 4.39 Å². The van der Waals surface area contributed by atoms with Gasteiger partial charge in [0.1, 0.15) is 17.3 Å². The normalized spacial score (nSPS) is 10.8. The molecule has 1 heterocycles. The number of hydrogen-bond donors (Lipinski definition) is 1. The third-order valence-electron chi connectivity index (χ3n) is 3.35. The van der Waals surface area contributed by atoms with Crippen molar-refractivity contribution >= 4 is 21.7 Å². The Hall–Kier alpha value is -2.14. The third-order valence-corrected chi connectivity index (χ3v) is 3.95. The van der Waals surface area contributed by atoms with Gasteiger partial charge in [-0.1, -0.05) is 30.3 Å². The second-order valence-corrected chi connectivity index (χ2v) is 5.58. The van der Waals surface area contributed by atoms with Crippen LogP contribution in [0, 0.1) is 5.82 Å². The molecule has 3 rings (SSSR count). The molecule has 0 aliphatic carbocycles. The van der Waals surface area contributed by atoms with Crippen molar-refractivity contribution in [3.63, 3.8) is 0 Å². The highest BCUT2D eigenvalue weighted by atomic mass is 79.9. The predicted molar refractivity (Wildman–Crippen MR) is 86.2 cm³/mol. The minimum atomic E-state index is -0.302. The van der Waals surface area contributed by atoms with Crippen molar-refractivity contribution in [3.05, 3.63) is 58.8 Å². The van der Waals surface area contributed by atoms with Crippen molar-refractivity contribution in [3.8, 4) is 22.4 Å². The van der Waals surface area contributed by atoms with E-state index in [-0.39, 0.29) is 5.82 Å². The van der Waals surface area contributed by atoms with Gasteiger partial charge in [-0.15, -0.1) is 0 Å². The van der Waals surface area contributed by atoms with Crippen molar-refractivity contribution in [2.75, 3.05) is 5.73 Å². The summed E-state index contributed by atoms with van der Waals surface area (Å²) in [6.45, 7) is 0. The monoisotopic (exact) mass is 345 g/mol. The van der Waals surface area contributed by atoms with E-state index in [1.54, 1.807) is 23.9 Å². The van der Waals surface area contributed by atoms with Crippen LogP contribution < -0.4 is 5.73 Å². The van der Waals surface area contributed by atoms with E-state index in [0.717, 1.165) is 22.4 Å². The minimum absolute atomic E-state index is 0.302. The van der Waals surface area contributed by atoms with Crippen LogP contribution in [-0.2, 0) is 7.05 Å². The molecule has 0 fully saturated rings. The SMILES string of the molecule is Cn1nc(-c2ccc(F)c(Br)c2)c(-c2ccccc2)c1N. The van der Waals surface area contributed by atoms with Crippen molar-refractivity contribution in [1.82, 2.24) is 9.78 Å². The van der Waals surface area contributed by atoms with Crippen LogP contribution in [0.4, 0.5) is 10.2 Å². The van der Waals surface area contributed by atoms with Gasteiger partial charge in [0.2, 0.25) is 0 Å². The lowest BCUT2D eigenvalue weighted by Gasteiger charge is -2.05. The Balaban J connectivity index is 2.24. The number of aryl methyl sites for hydroxylation is 1. The average molecular weight is 346 g/mol. The van der Waals surface area contributed by atoms with Crippen LogP contribution in [0.1, 0.15) is 0 Å². The highest BCUT2D eigenvalue weighted by molar-refractivity contribution is 9.10. The van der Waals surface area contributed by atoms with Crippen LogP contribution in [0.25, 0.3) is 22.4 Å². The Labute approximate surface area is 130 Å². The fraction of sp³-hybridized carbons (Fsp3) is 0.0625. The fourth-order valence-corrected chi connectivity index (χ4v) is 2.65. The molecule has 3 nitrogen and oxygen atoms in total. The van der Waals surface area contributed by atoms with Crippen LogP contribution in [0.15, 0.2) is 53.0 Å². The summed E-state index contributed by atoms with van der Waals surface area (Å²) in [5.74, 6) is 0.278. The van der Waals surface area contributed by atoms with Gasteiger partial charge in [0.25, 0.3) is 0 Å². The first kappa shape index (κ1) is 13.8. The van der Waals surface area contributed by atoms with Crippen LogP contribution in [0.2, 0.25) is 0 Å². The van der Waals surface area contributed by atoms with E-state index in [1.807, 2.05) is 30.3 Å². The molecular weight excluding hydrogens is 333 g/mol. The van der Waals surface area contributed by atoms with Crippen LogP contribution in [-0.4, -0.2) is 9.78 Å². The summed E-state index contributed by atoms with van der Waals surface area (Å²) < 4.78 is 15.5. The predicted octanol–water partition coefficient (Wildman–Crippen LogP) is 4.24. The summed E-state index contributed by atoms with van der Waals surface area (Å²) in [7, 11) is 1.80. The van der Waals surface area contributed by atoms with E-state index in [1.165, 1.54) is 6.07 Å². The summed E-state index contributed by atoms with van der Waals surface area (Å²) in [6, 6.07) is 14.6. The van der Waals surface area contributed by atoms with Crippen molar-refractivity contribution in [2.24, 2.45) is 7.05 Å². The highest BCUT2D eigenvalue weighted by Gasteiger charge is 2.17. The number of aromatic nitrogens is 2. The van der Waals surface area contributed by atoms with Gasteiger partial charge in [-0.25, -0.2) is 4.39 Å². The second kappa shape index (κ2) is 5.33. The zero-order chi connectivity index (χ0) is 15.0. The van der Waals surface area contributed by atoms with Gasteiger partial charge >= 0.3 is 0 Å². The van der Waals surface area contributed by atoms with Gasteiger partial charge in [-0.3, -0.25) is 4.68 Å². The lowest BCUT2D eigenvalue weighted by atomic mass is 10.0. The summed E-state index contributed by atoms with van der Waals surface area (Å²) in [5.41, 5.74) is 9.55. The van der Waals surface area contributed by atoms with Crippen LogP contribution in [0.3, 0.4) is 0 Å². The molecule has 2 N–H and O–H groups in total. The third kappa shape index (κ3) is 2.45. The molecule has 0 aliphatic rings. The average Bonchev–Trinajstić information content (AvgIpc) is 2.79. The van der Waals surface area contributed by atoms with Gasteiger partial charge in [-0.2, -0.15) is 5.10 Å².